The second kappa shape index (κ2) is 5.09. The Labute approximate surface area is 119 Å². The van der Waals surface area contributed by atoms with E-state index in [2.05, 4.69) is 0 Å². The number of likely N-dealkylation sites (tertiary alicyclic amines) is 1. The molecule has 1 N–H and O–H groups in total. The first-order chi connectivity index (χ1) is 9.62. The summed E-state index contributed by atoms with van der Waals surface area (Å²) in [5.74, 6) is 1.39. The summed E-state index contributed by atoms with van der Waals surface area (Å²) in [7, 11) is 1.64. The molecule has 108 valence electrons. The SMILES string of the molecule is COc1ccccc1CCC(=O)N1CC(O)(C2CC2)C1. The highest BCUT2D eigenvalue weighted by Gasteiger charge is 2.52. The Morgan fingerprint density at radius 3 is 2.75 bits per heavy atom. The lowest BCUT2D eigenvalue weighted by Crippen LogP contribution is -2.64. The fourth-order valence-corrected chi connectivity index (χ4v) is 2.98. The number of carbonyl (C=O) groups is 1. The van der Waals surface area contributed by atoms with Crippen LogP contribution in [-0.4, -0.2) is 41.7 Å². The molecule has 2 fully saturated rings. The van der Waals surface area contributed by atoms with Crippen molar-refractivity contribution in [2.75, 3.05) is 20.2 Å². The predicted molar refractivity (Wildman–Crippen MR) is 75.6 cm³/mol. The number of rotatable bonds is 5. The molecule has 1 heterocycles. The highest BCUT2D eigenvalue weighted by atomic mass is 16.5. The zero-order valence-corrected chi connectivity index (χ0v) is 11.8. The number of carbonyl (C=O) groups excluding carboxylic acids is 1. The topological polar surface area (TPSA) is 49.8 Å². The number of aliphatic hydroxyl groups is 1. The fourth-order valence-electron chi connectivity index (χ4n) is 2.98. The molecular formula is C16H21NO3. The highest BCUT2D eigenvalue weighted by molar-refractivity contribution is 5.77. The second-order valence-electron chi connectivity index (χ2n) is 5.94. The van der Waals surface area contributed by atoms with E-state index in [1.54, 1.807) is 12.0 Å². The van der Waals surface area contributed by atoms with Gasteiger partial charge in [0.25, 0.3) is 0 Å². The Morgan fingerprint density at radius 1 is 1.40 bits per heavy atom. The minimum Gasteiger partial charge on any atom is -0.496 e. The third kappa shape index (κ3) is 2.52. The van der Waals surface area contributed by atoms with Crippen molar-refractivity contribution in [2.24, 2.45) is 5.92 Å². The lowest BCUT2D eigenvalue weighted by Gasteiger charge is -2.47. The van der Waals surface area contributed by atoms with Crippen molar-refractivity contribution >= 4 is 5.91 Å². The summed E-state index contributed by atoms with van der Waals surface area (Å²) in [6.45, 7) is 1.03. The van der Waals surface area contributed by atoms with Gasteiger partial charge in [0.2, 0.25) is 5.91 Å². The van der Waals surface area contributed by atoms with E-state index < -0.39 is 5.60 Å². The van der Waals surface area contributed by atoms with Gasteiger partial charge in [-0.15, -0.1) is 0 Å². The van der Waals surface area contributed by atoms with Crippen molar-refractivity contribution in [3.63, 3.8) is 0 Å². The van der Waals surface area contributed by atoms with Crippen LogP contribution in [-0.2, 0) is 11.2 Å². The monoisotopic (exact) mass is 275 g/mol. The van der Waals surface area contributed by atoms with E-state index >= 15 is 0 Å². The number of β-amino-alcohol motifs (C(OH)–C–C–N with tert-alkyl or cyclic N) is 1. The first-order valence-corrected chi connectivity index (χ1v) is 7.24. The molecule has 1 aliphatic heterocycles. The van der Waals surface area contributed by atoms with Crippen LogP contribution in [0.15, 0.2) is 24.3 Å². The van der Waals surface area contributed by atoms with Crippen LogP contribution in [0.25, 0.3) is 0 Å². The van der Waals surface area contributed by atoms with Gasteiger partial charge in [-0.25, -0.2) is 0 Å². The van der Waals surface area contributed by atoms with Crippen LogP contribution in [0.4, 0.5) is 0 Å². The minimum atomic E-state index is -0.583. The summed E-state index contributed by atoms with van der Waals surface area (Å²) in [6.07, 6.45) is 3.38. The van der Waals surface area contributed by atoms with Gasteiger partial charge in [0, 0.05) is 6.42 Å². The molecule has 0 spiro atoms. The first kappa shape index (κ1) is 13.4. The van der Waals surface area contributed by atoms with Crippen LogP contribution in [0.3, 0.4) is 0 Å². The smallest absolute Gasteiger partial charge is 0.223 e. The number of benzene rings is 1. The largest absolute Gasteiger partial charge is 0.496 e. The molecule has 0 unspecified atom stereocenters. The fraction of sp³-hybridized carbons (Fsp3) is 0.562. The molecule has 1 amide bonds. The third-order valence-corrected chi connectivity index (χ3v) is 4.42. The molecule has 1 aliphatic carbocycles. The third-order valence-electron chi connectivity index (χ3n) is 4.42. The van der Waals surface area contributed by atoms with Gasteiger partial charge in [0.1, 0.15) is 11.4 Å². The van der Waals surface area contributed by atoms with E-state index in [9.17, 15) is 9.90 Å². The summed E-state index contributed by atoms with van der Waals surface area (Å²) in [4.78, 5) is 13.9. The van der Waals surface area contributed by atoms with E-state index in [4.69, 9.17) is 4.74 Å². The van der Waals surface area contributed by atoms with Crippen LogP contribution >= 0.6 is 0 Å². The van der Waals surface area contributed by atoms with Gasteiger partial charge in [0.05, 0.1) is 20.2 Å². The highest BCUT2D eigenvalue weighted by Crippen LogP contribution is 2.44. The lowest BCUT2D eigenvalue weighted by atomic mass is 9.88. The molecule has 0 bridgehead atoms. The molecule has 0 radical (unpaired) electrons. The van der Waals surface area contributed by atoms with E-state index in [0.717, 1.165) is 24.2 Å². The van der Waals surface area contributed by atoms with Gasteiger partial charge < -0.3 is 14.7 Å². The summed E-state index contributed by atoms with van der Waals surface area (Å²) in [6, 6.07) is 7.78. The zero-order chi connectivity index (χ0) is 14.2. The number of methoxy groups -OCH3 is 1. The molecule has 1 saturated carbocycles. The Kier molecular flexibility index (Phi) is 3.42. The molecule has 20 heavy (non-hydrogen) atoms. The van der Waals surface area contributed by atoms with Crippen LogP contribution in [0, 0.1) is 5.92 Å². The van der Waals surface area contributed by atoms with Gasteiger partial charge >= 0.3 is 0 Å². The summed E-state index contributed by atoms with van der Waals surface area (Å²) in [5, 5.41) is 10.2. The van der Waals surface area contributed by atoms with Gasteiger partial charge in [-0.05, 0) is 36.8 Å². The molecular weight excluding hydrogens is 254 g/mol. The van der Waals surface area contributed by atoms with E-state index in [1.807, 2.05) is 24.3 Å². The Hall–Kier alpha value is -1.55. The maximum absolute atomic E-state index is 12.1. The summed E-state index contributed by atoms with van der Waals surface area (Å²) < 4.78 is 5.29. The molecule has 1 aromatic carbocycles. The van der Waals surface area contributed by atoms with Crippen molar-refractivity contribution in [3.05, 3.63) is 29.8 Å². The van der Waals surface area contributed by atoms with E-state index in [0.29, 0.717) is 31.8 Å². The maximum Gasteiger partial charge on any atom is 0.223 e. The van der Waals surface area contributed by atoms with Gasteiger partial charge in [-0.2, -0.15) is 0 Å². The van der Waals surface area contributed by atoms with Crippen molar-refractivity contribution in [1.29, 1.82) is 0 Å². The second-order valence-corrected chi connectivity index (χ2v) is 5.94. The van der Waals surface area contributed by atoms with Crippen molar-refractivity contribution in [1.82, 2.24) is 4.90 Å². The van der Waals surface area contributed by atoms with Crippen molar-refractivity contribution in [2.45, 2.75) is 31.3 Å². The zero-order valence-electron chi connectivity index (χ0n) is 11.8. The van der Waals surface area contributed by atoms with Crippen LogP contribution in [0.5, 0.6) is 5.75 Å². The summed E-state index contributed by atoms with van der Waals surface area (Å²) >= 11 is 0. The molecule has 0 aromatic heterocycles. The van der Waals surface area contributed by atoms with Crippen molar-refractivity contribution < 1.29 is 14.6 Å². The first-order valence-electron chi connectivity index (χ1n) is 7.24. The number of aryl methyl sites for hydroxylation is 1. The van der Waals surface area contributed by atoms with Gasteiger partial charge in [0.15, 0.2) is 0 Å². The number of hydrogen-bond donors (Lipinski definition) is 1. The molecule has 4 heteroatoms. The number of hydrogen-bond acceptors (Lipinski definition) is 3. The Morgan fingerprint density at radius 2 is 2.10 bits per heavy atom. The molecule has 0 atom stereocenters. The minimum absolute atomic E-state index is 0.126. The van der Waals surface area contributed by atoms with Gasteiger partial charge in [-0.1, -0.05) is 18.2 Å². The van der Waals surface area contributed by atoms with Crippen LogP contribution in [0.2, 0.25) is 0 Å². The average Bonchev–Trinajstić information content (AvgIpc) is 3.26. The molecule has 1 aromatic rings. The molecule has 1 saturated heterocycles. The maximum atomic E-state index is 12.1. The summed E-state index contributed by atoms with van der Waals surface area (Å²) in [5.41, 5.74) is 0.474. The molecule has 4 nitrogen and oxygen atoms in total. The van der Waals surface area contributed by atoms with Crippen molar-refractivity contribution in [3.8, 4) is 5.75 Å². The number of ether oxygens (including phenoxy) is 1. The normalized spacial score (nSPS) is 20.4. The van der Waals surface area contributed by atoms with E-state index in [1.165, 1.54) is 0 Å². The van der Waals surface area contributed by atoms with Crippen LogP contribution < -0.4 is 4.74 Å². The number of para-hydroxylation sites is 1. The quantitative estimate of drug-likeness (QED) is 0.888. The molecule has 3 rings (SSSR count). The van der Waals surface area contributed by atoms with Crippen LogP contribution in [0.1, 0.15) is 24.8 Å². The Bertz CT molecular complexity index is 504. The number of amides is 1. The number of nitrogens with zero attached hydrogens (tertiary/aromatic N) is 1. The Balaban J connectivity index is 1.50. The predicted octanol–water partition coefficient (Wildman–Crippen LogP) is 1.61. The average molecular weight is 275 g/mol. The van der Waals surface area contributed by atoms with E-state index in [-0.39, 0.29) is 5.91 Å². The molecule has 2 aliphatic rings. The lowest BCUT2D eigenvalue weighted by molar-refractivity contribution is -0.159. The van der Waals surface area contributed by atoms with Gasteiger partial charge in [-0.3, -0.25) is 4.79 Å². The standard InChI is InChI=1S/C16H21NO3/c1-20-14-5-3-2-4-12(14)6-9-15(18)17-10-16(19,11-17)13-7-8-13/h2-5,13,19H,6-11H2,1H3.